The predicted molar refractivity (Wildman–Crippen MR) is 69.8 cm³/mol. The highest BCUT2D eigenvalue weighted by Gasteiger charge is 2.04. The molecule has 16 heavy (non-hydrogen) atoms. The Kier molecular flexibility index (Phi) is 4.02. The Morgan fingerprint density at radius 2 is 2.25 bits per heavy atom. The lowest BCUT2D eigenvalue weighted by molar-refractivity contribution is 0.415. The number of alkyl halides is 1. The Balaban J connectivity index is 2.16. The van der Waals surface area contributed by atoms with Gasteiger partial charge in [-0.2, -0.15) is 0 Å². The lowest BCUT2D eigenvalue weighted by Gasteiger charge is -1.96. The molecule has 0 aliphatic carbocycles. The van der Waals surface area contributed by atoms with E-state index in [-0.39, 0.29) is 0 Å². The molecule has 4 heteroatoms. The molecule has 0 unspecified atom stereocenters. The number of thiazole rings is 1. The van der Waals surface area contributed by atoms with Gasteiger partial charge in [0.15, 0.2) is 0 Å². The van der Waals surface area contributed by atoms with Crippen LogP contribution in [0.3, 0.4) is 0 Å². The van der Waals surface area contributed by atoms with Crippen molar-refractivity contribution in [2.45, 2.75) is 19.3 Å². The van der Waals surface area contributed by atoms with Crippen LogP contribution in [0.1, 0.15) is 17.8 Å². The van der Waals surface area contributed by atoms with Crippen molar-refractivity contribution in [2.24, 2.45) is 0 Å². The molecule has 2 nitrogen and oxygen atoms in total. The van der Waals surface area contributed by atoms with Gasteiger partial charge in [0.25, 0.3) is 0 Å². The number of benzene rings is 1. The Morgan fingerprint density at radius 1 is 1.38 bits per heavy atom. The third kappa shape index (κ3) is 2.66. The first-order valence-electron chi connectivity index (χ1n) is 5.33. The first-order chi connectivity index (χ1) is 7.83. The molecule has 0 fully saturated rings. The molecule has 2 aromatic rings. The number of hydrogen-bond donors (Lipinski definition) is 0. The Hall–Kier alpha value is -0.800. The zero-order valence-electron chi connectivity index (χ0n) is 9.20. The number of halogens is 1. The van der Waals surface area contributed by atoms with Crippen molar-refractivity contribution < 1.29 is 4.74 Å². The normalized spacial score (nSPS) is 10.9. The molecule has 0 aliphatic heterocycles. The monoisotopic (exact) mass is 255 g/mol. The highest BCUT2D eigenvalue weighted by atomic mass is 35.5. The highest BCUT2D eigenvalue weighted by Crippen LogP contribution is 2.27. The molecule has 0 saturated carbocycles. The maximum Gasteiger partial charge on any atom is 0.120 e. The fourth-order valence-corrected chi connectivity index (χ4v) is 2.78. The summed E-state index contributed by atoms with van der Waals surface area (Å²) in [5.41, 5.74) is 1.06. The van der Waals surface area contributed by atoms with Gasteiger partial charge in [-0.15, -0.1) is 22.9 Å². The fraction of sp³-hybridized carbons (Fsp3) is 0.417. The van der Waals surface area contributed by atoms with E-state index < -0.39 is 0 Å². The summed E-state index contributed by atoms with van der Waals surface area (Å²) < 4.78 is 6.39. The van der Waals surface area contributed by atoms with Gasteiger partial charge in [0.1, 0.15) is 5.75 Å². The van der Waals surface area contributed by atoms with Gasteiger partial charge in [-0.1, -0.05) is 0 Å². The first kappa shape index (κ1) is 11.7. The third-order valence-corrected chi connectivity index (χ3v) is 3.76. The lowest BCUT2D eigenvalue weighted by atomic mass is 10.2. The second-order valence-electron chi connectivity index (χ2n) is 3.59. The zero-order valence-corrected chi connectivity index (χ0v) is 10.8. The van der Waals surface area contributed by atoms with E-state index in [1.807, 2.05) is 18.2 Å². The van der Waals surface area contributed by atoms with E-state index in [4.69, 9.17) is 16.3 Å². The van der Waals surface area contributed by atoms with Gasteiger partial charge in [-0.25, -0.2) is 4.98 Å². The molecule has 1 aromatic carbocycles. The van der Waals surface area contributed by atoms with Gasteiger partial charge >= 0.3 is 0 Å². The minimum Gasteiger partial charge on any atom is -0.497 e. The molecule has 2 rings (SSSR count). The van der Waals surface area contributed by atoms with Crippen molar-refractivity contribution in [3.8, 4) is 5.75 Å². The molecular weight excluding hydrogens is 242 g/mol. The van der Waals surface area contributed by atoms with Gasteiger partial charge in [-0.3, -0.25) is 0 Å². The average molecular weight is 256 g/mol. The molecule has 0 amide bonds. The first-order valence-corrected chi connectivity index (χ1v) is 6.68. The van der Waals surface area contributed by atoms with Crippen LogP contribution in [-0.4, -0.2) is 18.0 Å². The highest BCUT2D eigenvalue weighted by molar-refractivity contribution is 7.18. The fourth-order valence-electron chi connectivity index (χ4n) is 1.56. The van der Waals surface area contributed by atoms with Crippen LogP contribution in [0.2, 0.25) is 0 Å². The van der Waals surface area contributed by atoms with Crippen LogP contribution in [0.4, 0.5) is 0 Å². The number of rotatable bonds is 5. The van der Waals surface area contributed by atoms with Crippen LogP contribution < -0.4 is 4.74 Å². The van der Waals surface area contributed by atoms with E-state index in [1.54, 1.807) is 18.4 Å². The number of unbranched alkanes of at least 4 members (excludes halogenated alkanes) is 1. The smallest absolute Gasteiger partial charge is 0.120 e. The van der Waals surface area contributed by atoms with Crippen molar-refractivity contribution in [3.63, 3.8) is 0 Å². The second kappa shape index (κ2) is 5.51. The van der Waals surface area contributed by atoms with Crippen molar-refractivity contribution in [3.05, 3.63) is 23.2 Å². The minimum atomic E-state index is 0.735. The van der Waals surface area contributed by atoms with Crippen LogP contribution in [0.15, 0.2) is 18.2 Å². The van der Waals surface area contributed by atoms with E-state index in [0.29, 0.717) is 0 Å². The van der Waals surface area contributed by atoms with Gasteiger partial charge in [0, 0.05) is 5.88 Å². The van der Waals surface area contributed by atoms with Gasteiger partial charge < -0.3 is 4.74 Å². The summed E-state index contributed by atoms with van der Waals surface area (Å²) in [7, 11) is 1.68. The molecule has 0 saturated heterocycles. The number of methoxy groups -OCH3 is 1. The zero-order chi connectivity index (χ0) is 11.4. The largest absolute Gasteiger partial charge is 0.497 e. The quantitative estimate of drug-likeness (QED) is 0.598. The summed E-state index contributed by atoms with van der Waals surface area (Å²) in [5.74, 6) is 1.63. The molecule has 0 N–H and O–H groups in total. The van der Waals surface area contributed by atoms with E-state index in [9.17, 15) is 0 Å². The lowest BCUT2D eigenvalue weighted by Crippen LogP contribution is -1.84. The number of hydrogen-bond acceptors (Lipinski definition) is 3. The van der Waals surface area contributed by atoms with E-state index in [2.05, 4.69) is 4.98 Å². The molecule has 0 radical (unpaired) electrons. The maximum atomic E-state index is 5.65. The second-order valence-corrected chi connectivity index (χ2v) is 5.08. The third-order valence-electron chi connectivity index (χ3n) is 2.41. The van der Waals surface area contributed by atoms with Crippen molar-refractivity contribution >= 4 is 33.2 Å². The van der Waals surface area contributed by atoms with Crippen LogP contribution in [0.25, 0.3) is 10.2 Å². The SMILES string of the molecule is COc1ccc2nc(CCCCCl)sc2c1. The topological polar surface area (TPSA) is 22.1 Å². The van der Waals surface area contributed by atoms with Crippen molar-refractivity contribution in [2.75, 3.05) is 13.0 Å². The molecule has 0 aliphatic rings. The predicted octanol–water partition coefficient (Wildman–Crippen LogP) is 3.87. The number of nitrogens with zero attached hydrogens (tertiary/aromatic N) is 1. The molecule has 0 spiro atoms. The van der Waals surface area contributed by atoms with E-state index in [1.165, 1.54) is 9.71 Å². The Labute approximate surface area is 104 Å². The Morgan fingerprint density at radius 3 is 3.00 bits per heavy atom. The van der Waals surface area contributed by atoms with Crippen LogP contribution in [0.5, 0.6) is 5.75 Å². The average Bonchev–Trinajstić information content (AvgIpc) is 2.70. The summed E-state index contributed by atoms with van der Waals surface area (Å²) in [5, 5.41) is 1.19. The summed E-state index contributed by atoms with van der Waals surface area (Å²) in [6.45, 7) is 0. The standard InChI is InChI=1S/C12H14ClNOS/c1-15-9-5-6-10-11(8-9)16-12(14-10)4-2-3-7-13/h5-6,8H,2-4,7H2,1H3. The van der Waals surface area contributed by atoms with Crippen molar-refractivity contribution in [1.82, 2.24) is 4.98 Å². The number of aryl methyl sites for hydroxylation is 1. The van der Waals surface area contributed by atoms with Crippen LogP contribution >= 0.6 is 22.9 Å². The maximum absolute atomic E-state index is 5.65. The summed E-state index contributed by atoms with van der Waals surface area (Å²) >= 11 is 7.40. The van der Waals surface area contributed by atoms with Crippen LogP contribution in [-0.2, 0) is 6.42 Å². The van der Waals surface area contributed by atoms with Crippen LogP contribution in [0, 0.1) is 0 Å². The van der Waals surface area contributed by atoms with E-state index in [0.717, 1.165) is 36.4 Å². The van der Waals surface area contributed by atoms with Gasteiger partial charge in [0.05, 0.1) is 22.3 Å². The summed E-state index contributed by atoms with van der Waals surface area (Å²) in [4.78, 5) is 4.58. The molecule has 0 bridgehead atoms. The van der Waals surface area contributed by atoms with E-state index >= 15 is 0 Å². The molecule has 0 atom stereocenters. The minimum absolute atomic E-state index is 0.735. The molecule has 1 heterocycles. The molecular formula is C12H14ClNOS. The number of fused-ring (bicyclic) bond motifs is 1. The number of ether oxygens (including phenoxy) is 1. The Bertz CT molecular complexity index is 469. The molecule has 1 aromatic heterocycles. The molecule has 86 valence electrons. The number of aromatic nitrogens is 1. The summed E-state index contributed by atoms with van der Waals surface area (Å²) in [6, 6.07) is 6.00. The van der Waals surface area contributed by atoms with Gasteiger partial charge in [-0.05, 0) is 37.5 Å². The summed E-state index contributed by atoms with van der Waals surface area (Å²) in [6.07, 6.45) is 3.19. The van der Waals surface area contributed by atoms with Gasteiger partial charge in [0.2, 0.25) is 0 Å². The van der Waals surface area contributed by atoms with Crippen molar-refractivity contribution in [1.29, 1.82) is 0 Å².